The highest BCUT2D eigenvalue weighted by molar-refractivity contribution is 7.92. The Hall–Kier alpha value is -4.12. The number of ether oxygens (including phenoxy) is 2. The molecule has 0 spiro atoms. The summed E-state index contributed by atoms with van der Waals surface area (Å²) in [7, 11) is -3.93. The van der Waals surface area contributed by atoms with E-state index in [0.29, 0.717) is 23.6 Å². The molecule has 0 saturated heterocycles. The third kappa shape index (κ3) is 7.97. The van der Waals surface area contributed by atoms with Crippen LogP contribution >= 0.6 is 0 Å². The molecule has 0 bridgehead atoms. The van der Waals surface area contributed by atoms with Crippen LogP contribution in [-0.2, 0) is 32.6 Å². The molecule has 0 unspecified atom stereocenters. The van der Waals surface area contributed by atoms with Crippen LogP contribution in [0.15, 0.2) is 72.8 Å². The number of fused-ring (bicyclic) bond motifs is 1. The third-order valence-electron chi connectivity index (χ3n) is 6.69. The lowest BCUT2D eigenvalue weighted by atomic mass is 10.0. The molecule has 0 aliphatic carbocycles. The normalized spacial score (nSPS) is 13.0. The summed E-state index contributed by atoms with van der Waals surface area (Å²) in [5.74, 6) is -0.547. The minimum atomic E-state index is -3.93. The quantitative estimate of drug-likeness (QED) is 0.306. The van der Waals surface area contributed by atoms with Gasteiger partial charge >= 0.3 is 0 Å². The van der Waals surface area contributed by atoms with E-state index in [4.69, 9.17) is 9.47 Å². The van der Waals surface area contributed by atoms with E-state index in [1.807, 2.05) is 37.3 Å². The summed E-state index contributed by atoms with van der Waals surface area (Å²) >= 11 is 0. The molecule has 0 aromatic heterocycles. The van der Waals surface area contributed by atoms with Crippen LogP contribution in [0.3, 0.4) is 0 Å². The first-order chi connectivity index (χ1) is 19.7. The van der Waals surface area contributed by atoms with Crippen LogP contribution in [0.5, 0.6) is 11.5 Å². The molecule has 4 rings (SSSR count). The standard InChI is InChI=1S/C30H34FN3O6S/c1-3-4-16-32-30(36)26(17-22-8-6-5-7-9-22)33(19-23-10-12-24(31)13-11-23)29(35)20-34(41(2,37)38)25-14-15-27-28(18-25)40-21-39-27/h5-15,18,26H,3-4,16-17,19-21H2,1-2H3,(H,32,36)/t26-/m0/s1. The summed E-state index contributed by atoms with van der Waals surface area (Å²) in [6, 6.07) is 18.6. The fraction of sp³-hybridized carbons (Fsp3) is 0.333. The van der Waals surface area contributed by atoms with Gasteiger partial charge in [0.1, 0.15) is 18.4 Å². The summed E-state index contributed by atoms with van der Waals surface area (Å²) in [6.45, 7) is 1.86. The number of nitrogens with zero attached hydrogens (tertiary/aromatic N) is 2. The summed E-state index contributed by atoms with van der Waals surface area (Å²) < 4.78 is 51.2. The Labute approximate surface area is 239 Å². The molecule has 3 aromatic carbocycles. The van der Waals surface area contributed by atoms with Gasteiger partial charge in [-0.1, -0.05) is 55.8 Å². The maximum absolute atomic E-state index is 14.1. The first-order valence-corrected chi connectivity index (χ1v) is 15.2. The van der Waals surface area contributed by atoms with Crippen molar-refractivity contribution >= 4 is 27.5 Å². The second-order valence-corrected chi connectivity index (χ2v) is 11.7. The molecule has 11 heteroatoms. The van der Waals surface area contributed by atoms with Gasteiger partial charge in [0, 0.05) is 25.6 Å². The Balaban J connectivity index is 1.70. The molecule has 1 aliphatic rings. The second kappa shape index (κ2) is 13.5. The Morgan fingerprint density at radius 1 is 0.976 bits per heavy atom. The highest BCUT2D eigenvalue weighted by atomic mass is 32.2. The number of amides is 2. The van der Waals surface area contributed by atoms with E-state index in [1.165, 1.54) is 41.3 Å². The number of carbonyl (C=O) groups is 2. The molecule has 218 valence electrons. The van der Waals surface area contributed by atoms with Gasteiger partial charge in [0.2, 0.25) is 28.6 Å². The van der Waals surface area contributed by atoms with E-state index in [1.54, 1.807) is 6.07 Å². The van der Waals surface area contributed by atoms with Crippen LogP contribution in [-0.4, -0.2) is 57.3 Å². The van der Waals surface area contributed by atoms with E-state index >= 15 is 0 Å². The van der Waals surface area contributed by atoms with Crippen molar-refractivity contribution in [1.29, 1.82) is 0 Å². The van der Waals surface area contributed by atoms with Gasteiger partial charge in [-0.2, -0.15) is 0 Å². The molecular formula is C30H34FN3O6S. The van der Waals surface area contributed by atoms with Crippen LogP contribution in [0, 0.1) is 5.82 Å². The minimum absolute atomic E-state index is 0.0103. The van der Waals surface area contributed by atoms with Gasteiger partial charge in [0.05, 0.1) is 11.9 Å². The molecule has 0 saturated carbocycles. The lowest BCUT2D eigenvalue weighted by molar-refractivity contribution is -0.140. The van der Waals surface area contributed by atoms with Crippen LogP contribution in [0.1, 0.15) is 30.9 Å². The molecule has 41 heavy (non-hydrogen) atoms. The lowest BCUT2D eigenvalue weighted by Gasteiger charge is -2.33. The van der Waals surface area contributed by atoms with Crippen molar-refractivity contribution in [2.45, 2.75) is 38.8 Å². The van der Waals surface area contributed by atoms with Crippen molar-refractivity contribution in [3.63, 3.8) is 0 Å². The van der Waals surface area contributed by atoms with Crippen molar-refractivity contribution < 1.29 is 31.9 Å². The minimum Gasteiger partial charge on any atom is -0.454 e. The molecule has 1 atom stereocenters. The third-order valence-corrected chi connectivity index (χ3v) is 7.83. The monoisotopic (exact) mass is 583 g/mol. The maximum Gasteiger partial charge on any atom is 0.244 e. The first kappa shape index (κ1) is 29.9. The van der Waals surface area contributed by atoms with Crippen molar-refractivity contribution in [2.24, 2.45) is 0 Å². The predicted molar refractivity (Wildman–Crippen MR) is 154 cm³/mol. The molecule has 0 fully saturated rings. The average molecular weight is 584 g/mol. The molecular weight excluding hydrogens is 549 g/mol. The molecule has 1 heterocycles. The average Bonchev–Trinajstić information content (AvgIpc) is 3.42. The molecule has 1 N–H and O–H groups in total. The number of sulfonamides is 1. The summed E-state index contributed by atoms with van der Waals surface area (Å²) in [6.07, 6.45) is 2.85. The molecule has 3 aromatic rings. The second-order valence-electron chi connectivity index (χ2n) is 9.81. The Morgan fingerprint density at radius 3 is 2.37 bits per heavy atom. The van der Waals surface area contributed by atoms with E-state index in [0.717, 1.165) is 29.0 Å². The van der Waals surface area contributed by atoms with Crippen LogP contribution in [0.25, 0.3) is 0 Å². The van der Waals surface area contributed by atoms with E-state index in [-0.39, 0.29) is 31.4 Å². The van der Waals surface area contributed by atoms with Gasteiger partial charge < -0.3 is 19.7 Å². The predicted octanol–water partition coefficient (Wildman–Crippen LogP) is 3.88. The number of anilines is 1. The van der Waals surface area contributed by atoms with Crippen molar-refractivity contribution in [3.05, 3.63) is 89.7 Å². The molecule has 9 nitrogen and oxygen atoms in total. The summed E-state index contributed by atoms with van der Waals surface area (Å²) in [5.41, 5.74) is 1.64. The number of unbranched alkanes of at least 4 members (excludes halogenated alkanes) is 1. The number of nitrogens with one attached hydrogen (secondary N) is 1. The van der Waals surface area contributed by atoms with Crippen LogP contribution in [0.4, 0.5) is 10.1 Å². The van der Waals surface area contributed by atoms with Crippen LogP contribution in [0.2, 0.25) is 0 Å². The summed E-state index contributed by atoms with van der Waals surface area (Å²) in [5, 5.41) is 2.92. The highest BCUT2D eigenvalue weighted by Gasteiger charge is 2.33. The summed E-state index contributed by atoms with van der Waals surface area (Å²) in [4.78, 5) is 29.0. The SMILES string of the molecule is CCCCNC(=O)[C@H](Cc1ccccc1)N(Cc1ccc(F)cc1)C(=O)CN(c1ccc2c(c1)OCO2)S(C)(=O)=O. The van der Waals surface area contributed by atoms with Gasteiger partial charge in [-0.25, -0.2) is 12.8 Å². The number of carbonyl (C=O) groups excluding carboxylic acids is 2. The Kier molecular flexibility index (Phi) is 9.82. The number of hydrogen-bond donors (Lipinski definition) is 1. The van der Waals surface area contributed by atoms with Gasteiger partial charge in [0.15, 0.2) is 11.5 Å². The molecule has 0 radical (unpaired) electrons. The lowest BCUT2D eigenvalue weighted by Crippen LogP contribution is -2.53. The zero-order valence-electron chi connectivity index (χ0n) is 23.1. The van der Waals surface area contributed by atoms with Crippen molar-refractivity contribution in [1.82, 2.24) is 10.2 Å². The van der Waals surface area contributed by atoms with Gasteiger partial charge in [-0.3, -0.25) is 13.9 Å². The zero-order valence-corrected chi connectivity index (χ0v) is 23.9. The smallest absolute Gasteiger partial charge is 0.244 e. The van der Waals surface area contributed by atoms with E-state index in [2.05, 4.69) is 5.32 Å². The maximum atomic E-state index is 14.1. The Bertz CT molecular complexity index is 1450. The number of rotatable bonds is 13. The molecule has 2 amide bonds. The fourth-order valence-electron chi connectivity index (χ4n) is 4.50. The van der Waals surface area contributed by atoms with E-state index in [9.17, 15) is 22.4 Å². The van der Waals surface area contributed by atoms with Crippen molar-refractivity contribution in [2.75, 3.05) is 30.4 Å². The van der Waals surface area contributed by atoms with Crippen molar-refractivity contribution in [3.8, 4) is 11.5 Å². The number of hydrogen-bond acceptors (Lipinski definition) is 6. The number of halogens is 1. The highest BCUT2D eigenvalue weighted by Crippen LogP contribution is 2.36. The topological polar surface area (TPSA) is 105 Å². The number of benzene rings is 3. The van der Waals surface area contributed by atoms with Gasteiger partial charge in [-0.05, 0) is 41.8 Å². The van der Waals surface area contributed by atoms with Gasteiger partial charge in [0.25, 0.3) is 0 Å². The van der Waals surface area contributed by atoms with Gasteiger partial charge in [-0.15, -0.1) is 0 Å². The largest absolute Gasteiger partial charge is 0.454 e. The fourth-order valence-corrected chi connectivity index (χ4v) is 5.34. The van der Waals surface area contributed by atoms with Crippen LogP contribution < -0.4 is 19.1 Å². The van der Waals surface area contributed by atoms with E-state index < -0.39 is 34.3 Å². The molecule has 1 aliphatic heterocycles. The zero-order chi connectivity index (χ0) is 29.4. The first-order valence-electron chi connectivity index (χ1n) is 13.4. The Morgan fingerprint density at radius 2 is 1.68 bits per heavy atom.